The van der Waals surface area contributed by atoms with E-state index in [0.29, 0.717) is 5.47 Å². The predicted molar refractivity (Wildman–Crippen MR) is 102 cm³/mol. The Morgan fingerprint density at radius 1 is 1.30 bits per heavy atom. The van der Waals surface area contributed by atoms with E-state index in [1.807, 2.05) is 27.7 Å². The number of aromatic nitrogens is 1. The van der Waals surface area contributed by atoms with E-state index in [0.717, 1.165) is 0 Å². The van der Waals surface area contributed by atoms with E-state index in [2.05, 4.69) is 10.3 Å². The Bertz CT molecular complexity index is 713. The molecule has 1 aliphatic rings. The summed E-state index contributed by atoms with van der Waals surface area (Å²) in [7, 11) is -0.732. The van der Waals surface area contributed by atoms with E-state index in [1.54, 1.807) is 39.0 Å². The highest BCUT2D eigenvalue weighted by atomic mass is 19.1. The SMILES string of the molecule is CC(C)(C)OC(=O)NCC(=Cc1cccnc1F)B1OC(C)(C)C(C)(C)O1. The monoisotopic (exact) mass is 378 g/mol. The molecule has 0 saturated carbocycles. The Hall–Kier alpha value is -1.93. The third-order valence-corrected chi connectivity index (χ3v) is 4.52. The van der Waals surface area contributed by atoms with E-state index < -0.39 is 36.0 Å². The molecule has 1 fully saturated rings. The fraction of sp³-hybridized carbons (Fsp3) is 0.579. The standard InChI is InChI=1S/C19H28BFN2O4/c1-17(2,3)25-16(24)23-12-14(11-13-9-8-10-22-15(13)21)20-26-18(4,5)19(6,7)27-20/h8-11H,12H2,1-7H3,(H,23,24). The minimum absolute atomic E-state index is 0.0834. The maximum atomic E-state index is 14.0. The van der Waals surface area contributed by atoms with Crippen LogP contribution in [0.25, 0.3) is 6.08 Å². The maximum Gasteiger partial charge on any atom is 0.492 e. The van der Waals surface area contributed by atoms with Crippen molar-refractivity contribution in [2.75, 3.05) is 6.54 Å². The number of halogens is 1. The average molecular weight is 378 g/mol. The molecule has 1 amide bonds. The van der Waals surface area contributed by atoms with Crippen LogP contribution in [0.2, 0.25) is 0 Å². The Kier molecular flexibility index (Phi) is 6.02. The number of pyridine rings is 1. The lowest BCUT2D eigenvalue weighted by Gasteiger charge is -2.32. The Morgan fingerprint density at radius 2 is 1.89 bits per heavy atom. The second-order valence-corrected chi connectivity index (χ2v) is 8.55. The van der Waals surface area contributed by atoms with Gasteiger partial charge < -0.3 is 19.4 Å². The average Bonchev–Trinajstić information content (AvgIpc) is 2.71. The molecule has 0 aliphatic carbocycles. The highest BCUT2D eigenvalue weighted by Crippen LogP contribution is 2.38. The van der Waals surface area contributed by atoms with Crippen molar-refractivity contribution in [2.45, 2.75) is 65.3 Å². The van der Waals surface area contributed by atoms with Crippen molar-refractivity contribution < 1.29 is 23.2 Å². The highest BCUT2D eigenvalue weighted by Gasteiger charge is 2.52. The van der Waals surface area contributed by atoms with Gasteiger partial charge >= 0.3 is 13.2 Å². The number of carbonyl (C=O) groups is 1. The van der Waals surface area contributed by atoms with E-state index in [1.165, 1.54) is 6.20 Å². The van der Waals surface area contributed by atoms with Crippen LogP contribution in [-0.4, -0.2) is 41.5 Å². The first-order valence-corrected chi connectivity index (χ1v) is 8.94. The van der Waals surface area contributed by atoms with E-state index in [4.69, 9.17) is 14.0 Å². The van der Waals surface area contributed by atoms with Gasteiger partial charge in [-0.1, -0.05) is 6.08 Å². The lowest BCUT2D eigenvalue weighted by molar-refractivity contribution is 0.00578. The summed E-state index contributed by atoms with van der Waals surface area (Å²) >= 11 is 0. The quantitative estimate of drug-likeness (QED) is 0.638. The van der Waals surface area contributed by atoms with Gasteiger partial charge in [0.1, 0.15) is 5.60 Å². The molecule has 6 nitrogen and oxygen atoms in total. The summed E-state index contributed by atoms with van der Waals surface area (Å²) in [6.45, 7) is 13.1. The predicted octanol–water partition coefficient (Wildman–Crippen LogP) is 3.76. The van der Waals surface area contributed by atoms with Crippen molar-refractivity contribution in [3.8, 4) is 0 Å². The molecule has 8 heteroatoms. The normalized spacial score (nSPS) is 19.1. The number of hydrogen-bond acceptors (Lipinski definition) is 5. The first-order chi connectivity index (χ1) is 12.3. The number of ether oxygens (including phenoxy) is 1. The number of amides is 1. The van der Waals surface area contributed by atoms with Gasteiger partial charge in [-0.3, -0.25) is 0 Å². The molecule has 0 bridgehead atoms. The molecule has 0 spiro atoms. The van der Waals surface area contributed by atoms with Crippen LogP contribution in [-0.2, 0) is 14.0 Å². The number of nitrogens with one attached hydrogen (secondary N) is 1. The van der Waals surface area contributed by atoms with Crippen LogP contribution in [0.1, 0.15) is 54.0 Å². The number of alkyl carbamates (subject to hydrolysis) is 1. The molecule has 0 atom stereocenters. The molecule has 2 heterocycles. The zero-order valence-corrected chi connectivity index (χ0v) is 17.1. The minimum Gasteiger partial charge on any atom is -0.444 e. The number of rotatable bonds is 4. The van der Waals surface area contributed by atoms with E-state index in [-0.39, 0.29) is 12.1 Å². The zero-order chi connectivity index (χ0) is 20.5. The molecule has 0 radical (unpaired) electrons. The van der Waals surface area contributed by atoms with Crippen LogP contribution in [0, 0.1) is 5.95 Å². The molecule has 27 heavy (non-hydrogen) atoms. The van der Waals surface area contributed by atoms with Crippen molar-refractivity contribution in [2.24, 2.45) is 0 Å². The molecule has 0 aromatic carbocycles. The second-order valence-electron chi connectivity index (χ2n) is 8.55. The second kappa shape index (κ2) is 7.60. The zero-order valence-electron chi connectivity index (χ0n) is 17.1. The summed E-state index contributed by atoms with van der Waals surface area (Å²) < 4.78 is 31.4. The summed E-state index contributed by atoms with van der Waals surface area (Å²) in [6, 6.07) is 3.24. The highest BCUT2D eigenvalue weighted by molar-refractivity contribution is 6.56. The van der Waals surface area contributed by atoms with Gasteiger partial charge in [0.05, 0.1) is 11.2 Å². The van der Waals surface area contributed by atoms with Crippen LogP contribution in [0.3, 0.4) is 0 Å². The molecule has 1 N–H and O–H groups in total. The summed E-state index contributed by atoms with van der Waals surface area (Å²) in [5, 5.41) is 2.68. The number of hydrogen-bond donors (Lipinski definition) is 1. The van der Waals surface area contributed by atoms with Crippen molar-refractivity contribution in [1.82, 2.24) is 10.3 Å². The smallest absolute Gasteiger partial charge is 0.444 e. The van der Waals surface area contributed by atoms with Gasteiger partial charge in [0.15, 0.2) is 0 Å². The molecule has 2 rings (SSSR count). The minimum atomic E-state index is -0.732. The van der Waals surface area contributed by atoms with Gasteiger partial charge in [0.2, 0.25) is 5.95 Å². The lowest BCUT2D eigenvalue weighted by Crippen LogP contribution is -2.41. The van der Waals surface area contributed by atoms with E-state index in [9.17, 15) is 9.18 Å². The van der Waals surface area contributed by atoms with E-state index >= 15 is 0 Å². The number of carbonyl (C=O) groups excluding carboxylic acids is 1. The topological polar surface area (TPSA) is 69.7 Å². The summed E-state index contributed by atoms with van der Waals surface area (Å²) in [5.41, 5.74) is -0.889. The van der Waals surface area contributed by atoms with Crippen molar-refractivity contribution in [3.63, 3.8) is 0 Å². The molecule has 1 saturated heterocycles. The largest absolute Gasteiger partial charge is 0.492 e. The maximum absolute atomic E-state index is 14.0. The van der Waals surface area contributed by atoms with Crippen LogP contribution < -0.4 is 5.32 Å². The van der Waals surface area contributed by atoms with Gasteiger partial charge in [-0.05, 0) is 66.1 Å². The molecular weight excluding hydrogens is 350 g/mol. The first-order valence-electron chi connectivity index (χ1n) is 8.94. The van der Waals surface area contributed by atoms with Crippen LogP contribution in [0.4, 0.5) is 9.18 Å². The molecule has 148 valence electrons. The molecule has 1 aromatic rings. The van der Waals surface area contributed by atoms with Crippen LogP contribution >= 0.6 is 0 Å². The van der Waals surface area contributed by atoms with Crippen molar-refractivity contribution in [1.29, 1.82) is 0 Å². The lowest BCUT2D eigenvalue weighted by atomic mass is 9.77. The molecule has 0 unspecified atom stereocenters. The summed E-state index contributed by atoms with van der Waals surface area (Å²) in [4.78, 5) is 15.7. The third kappa shape index (κ3) is 5.53. The Labute approximate surface area is 160 Å². The van der Waals surface area contributed by atoms with Gasteiger partial charge in [-0.15, -0.1) is 0 Å². The van der Waals surface area contributed by atoms with Gasteiger partial charge in [0.25, 0.3) is 0 Å². The van der Waals surface area contributed by atoms with Crippen LogP contribution in [0.15, 0.2) is 23.8 Å². The number of nitrogens with zero attached hydrogens (tertiary/aromatic N) is 1. The van der Waals surface area contributed by atoms with Gasteiger partial charge in [0, 0.05) is 18.3 Å². The molecular formula is C19H28BFN2O4. The first kappa shape index (κ1) is 21.4. The molecule has 1 aromatic heterocycles. The fourth-order valence-electron chi connectivity index (χ4n) is 2.39. The van der Waals surface area contributed by atoms with Gasteiger partial charge in [-0.25, -0.2) is 9.78 Å². The fourth-order valence-corrected chi connectivity index (χ4v) is 2.39. The van der Waals surface area contributed by atoms with Gasteiger partial charge in [-0.2, -0.15) is 4.39 Å². The Balaban J connectivity index is 2.25. The van der Waals surface area contributed by atoms with Crippen molar-refractivity contribution >= 4 is 19.3 Å². The summed E-state index contributed by atoms with van der Waals surface area (Å²) in [6.07, 6.45) is 2.39. The molecule has 1 aliphatic heterocycles. The van der Waals surface area contributed by atoms with Crippen molar-refractivity contribution in [3.05, 3.63) is 35.3 Å². The summed E-state index contributed by atoms with van der Waals surface area (Å²) in [5.74, 6) is -0.608. The third-order valence-electron chi connectivity index (χ3n) is 4.52. The van der Waals surface area contributed by atoms with Crippen LogP contribution in [0.5, 0.6) is 0 Å². The Morgan fingerprint density at radius 3 is 2.41 bits per heavy atom.